The highest BCUT2D eigenvalue weighted by Crippen LogP contribution is 2.28. The molecule has 27 heavy (non-hydrogen) atoms. The minimum Gasteiger partial charge on any atom is -0.490 e. The fourth-order valence-corrected chi connectivity index (χ4v) is 4.27. The van der Waals surface area contributed by atoms with Crippen LogP contribution in [0.1, 0.15) is 36.8 Å². The van der Waals surface area contributed by atoms with Gasteiger partial charge in [-0.3, -0.25) is 0 Å². The number of rotatable bonds is 6. The molecule has 0 unspecified atom stereocenters. The summed E-state index contributed by atoms with van der Waals surface area (Å²) in [5.74, 6) is 2.72. The molecule has 1 saturated carbocycles. The summed E-state index contributed by atoms with van der Waals surface area (Å²) >= 11 is 1.71. The lowest BCUT2D eigenvalue weighted by Gasteiger charge is -2.13. The molecule has 0 saturated heterocycles. The first-order valence-corrected chi connectivity index (χ1v) is 10.5. The second kappa shape index (κ2) is 8.17. The minimum atomic E-state index is 0.385. The van der Waals surface area contributed by atoms with Crippen molar-refractivity contribution in [2.75, 3.05) is 0 Å². The maximum absolute atomic E-state index is 6.05. The van der Waals surface area contributed by atoms with Crippen molar-refractivity contribution < 1.29 is 4.74 Å². The Morgan fingerprint density at radius 1 is 1.00 bits per heavy atom. The molecule has 0 amide bonds. The molecule has 5 heteroatoms. The van der Waals surface area contributed by atoms with Crippen molar-refractivity contribution in [2.45, 2.75) is 49.6 Å². The Kier molecular flexibility index (Phi) is 5.48. The molecule has 0 bridgehead atoms. The molecular formula is C22H25N3OS. The van der Waals surface area contributed by atoms with Gasteiger partial charge >= 0.3 is 0 Å². The van der Waals surface area contributed by atoms with Crippen molar-refractivity contribution in [3.63, 3.8) is 0 Å². The summed E-state index contributed by atoms with van der Waals surface area (Å²) in [5.41, 5.74) is 3.64. The Bertz CT molecular complexity index is 881. The van der Waals surface area contributed by atoms with Crippen LogP contribution in [0.5, 0.6) is 5.75 Å². The van der Waals surface area contributed by atoms with Crippen LogP contribution in [-0.2, 0) is 12.8 Å². The second-order valence-electron chi connectivity index (χ2n) is 7.19. The third-order valence-corrected chi connectivity index (χ3v) is 6.13. The molecule has 1 aliphatic carbocycles. The summed E-state index contributed by atoms with van der Waals surface area (Å²) in [6.07, 6.45) is 5.30. The van der Waals surface area contributed by atoms with Crippen molar-refractivity contribution in [1.82, 2.24) is 14.8 Å². The van der Waals surface area contributed by atoms with Crippen LogP contribution in [0.15, 0.2) is 53.7 Å². The van der Waals surface area contributed by atoms with E-state index in [9.17, 15) is 0 Å². The Morgan fingerprint density at radius 3 is 2.41 bits per heavy atom. The van der Waals surface area contributed by atoms with Crippen LogP contribution < -0.4 is 4.74 Å². The fraction of sp³-hybridized carbons (Fsp3) is 0.364. The molecule has 1 fully saturated rings. The van der Waals surface area contributed by atoms with E-state index in [1.165, 1.54) is 36.8 Å². The van der Waals surface area contributed by atoms with Gasteiger partial charge in [0, 0.05) is 18.4 Å². The van der Waals surface area contributed by atoms with Crippen LogP contribution in [0, 0.1) is 6.92 Å². The molecule has 1 heterocycles. The summed E-state index contributed by atoms with van der Waals surface area (Å²) in [5, 5.41) is 9.70. The summed E-state index contributed by atoms with van der Waals surface area (Å²) < 4.78 is 8.11. The Hall–Kier alpha value is -2.27. The first-order valence-electron chi connectivity index (χ1n) is 9.54. The number of benzene rings is 2. The quantitative estimate of drug-likeness (QED) is 0.537. The summed E-state index contributed by atoms with van der Waals surface area (Å²) in [7, 11) is 2.02. The molecular weight excluding hydrogens is 354 g/mol. The summed E-state index contributed by atoms with van der Waals surface area (Å²) in [4.78, 5) is 0. The van der Waals surface area contributed by atoms with Gasteiger partial charge in [0.1, 0.15) is 5.75 Å². The maximum Gasteiger partial charge on any atom is 0.191 e. The average Bonchev–Trinajstić information content (AvgIpc) is 3.32. The fourth-order valence-electron chi connectivity index (χ4n) is 3.41. The summed E-state index contributed by atoms with van der Waals surface area (Å²) in [6.45, 7) is 2.11. The van der Waals surface area contributed by atoms with Gasteiger partial charge in [-0.1, -0.05) is 41.6 Å². The molecule has 4 nitrogen and oxygen atoms in total. The lowest BCUT2D eigenvalue weighted by Crippen LogP contribution is -2.10. The molecule has 0 atom stereocenters. The normalized spacial score (nSPS) is 14.6. The predicted octanol–water partition coefficient (Wildman–Crippen LogP) is 5.40. The largest absolute Gasteiger partial charge is 0.490 e. The van der Waals surface area contributed by atoms with E-state index in [0.717, 1.165) is 28.0 Å². The predicted molar refractivity (Wildman–Crippen MR) is 110 cm³/mol. The molecule has 0 aliphatic heterocycles. The zero-order valence-electron chi connectivity index (χ0n) is 15.9. The van der Waals surface area contributed by atoms with Gasteiger partial charge in [-0.25, -0.2) is 0 Å². The van der Waals surface area contributed by atoms with E-state index in [4.69, 9.17) is 4.74 Å². The number of hydrogen-bond donors (Lipinski definition) is 0. The first-order chi connectivity index (χ1) is 13.2. The third kappa shape index (κ3) is 4.35. The average molecular weight is 380 g/mol. The Balaban J connectivity index is 1.42. The van der Waals surface area contributed by atoms with Crippen LogP contribution in [0.3, 0.4) is 0 Å². The van der Waals surface area contributed by atoms with E-state index in [1.54, 1.807) is 11.8 Å². The Labute approximate surface area is 165 Å². The van der Waals surface area contributed by atoms with Crippen LogP contribution in [0.4, 0.5) is 0 Å². The van der Waals surface area contributed by atoms with Crippen molar-refractivity contribution in [1.29, 1.82) is 0 Å². The van der Waals surface area contributed by atoms with Crippen molar-refractivity contribution in [2.24, 2.45) is 7.05 Å². The van der Waals surface area contributed by atoms with Gasteiger partial charge in [-0.2, -0.15) is 0 Å². The number of nitrogens with zero attached hydrogens (tertiary/aromatic N) is 3. The van der Waals surface area contributed by atoms with Crippen LogP contribution in [0.25, 0.3) is 11.4 Å². The van der Waals surface area contributed by atoms with Crippen LogP contribution >= 0.6 is 11.8 Å². The van der Waals surface area contributed by atoms with Crippen LogP contribution in [0.2, 0.25) is 0 Å². The molecule has 1 aromatic heterocycles. The van der Waals surface area contributed by atoms with Crippen molar-refractivity contribution in [3.05, 3.63) is 59.7 Å². The lowest BCUT2D eigenvalue weighted by molar-refractivity contribution is 0.210. The molecule has 1 aliphatic rings. The van der Waals surface area contributed by atoms with Crippen LogP contribution in [-0.4, -0.2) is 20.9 Å². The van der Waals surface area contributed by atoms with E-state index in [-0.39, 0.29) is 0 Å². The van der Waals surface area contributed by atoms with E-state index >= 15 is 0 Å². The van der Waals surface area contributed by atoms with E-state index < -0.39 is 0 Å². The van der Waals surface area contributed by atoms with E-state index in [2.05, 4.69) is 58.1 Å². The topological polar surface area (TPSA) is 39.9 Å². The molecule has 3 aromatic rings. The molecule has 0 radical (unpaired) electrons. The standard InChI is InChI=1S/C22H25N3OS/c1-16-7-9-17(10-8-16)15-27-22-24-23-21(25(22)2)18-11-13-20(14-12-18)26-19-5-3-4-6-19/h7-14,19H,3-6,15H2,1-2H3. The maximum atomic E-state index is 6.05. The number of aromatic nitrogens is 3. The molecule has 2 aromatic carbocycles. The number of thioether (sulfide) groups is 1. The van der Waals surface area contributed by atoms with Crippen molar-refractivity contribution >= 4 is 11.8 Å². The zero-order chi connectivity index (χ0) is 18.6. The van der Waals surface area contributed by atoms with Gasteiger partial charge < -0.3 is 9.30 Å². The highest BCUT2D eigenvalue weighted by Gasteiger charge is 2.17. The molecule has 140 valence electrons. The Morgan fingerprint density at radius 2 is 1.70 bits per heavy atom. The van der Waals surface area contributed by atoms with Gasteiger partial charge in [0.15, 0.2) is 11.0 Å². The summed E-state index contributed by atoms with van der Waals surface area (Å²) in [6, 6.07) is 16.9. The van der Waals surface area contributed by atoms with Crippen molar-refractivity contribution in [3.8, 4) is 17.1 Å². The SMILES string of the molecule is Cc1ccc(CSc2nnc(-c3ccc(OC4CCCC4)cc3)n2C)cc1. The second-order valence-corrected chi connectivity index (χ2v) is 8.13. The molecule has 0 N–H and O–H groups in total. The number of aryl methyl sites for hydroxylation is 1. The lowest BCUT2D eigenvalue weighted by atomic mass is 10.2. The van der Waals surface area contributed by atoms with Gasteiger partial charge in [0.25, 0.3) is 0 Å². The van der Waals surface area contributed by atoms with E-state index in [0.29, 0.717) is 6.10 Å². The third-order valence-electron chi connectivity index (χ3n) is 5.04. The highest BCUT2D eigenvalue weighted by molar-refractivity contribution is 7.98. The van der Waals surface area contributed by atoms with Gasteiger partial charge in [-0.15, -0.1) is 10.2 Å². The smallest absolute Gasteiger partial charge is 0.191 e. The zero-order valence-corrected chi connectivity index (χ0v) is 16.7. The molecule has 4 rings (SSSR count). The van der Waals surface area contributed by atoms with Gasteiger partial charge in [0.2, 0.25) is 0 Å². The van der Waals surface area contributed by atoms with E-state index in [1.807, 2.05) is 19.2 Å². The highest BCUT2D eigenvalue weighted by atomic mass is 32.2. The first kappa shape index (κ1) is 18.1. The van der Waals surface area contributed by atoms with Gasteiger partial charge in [0.05, 0.1) is 6.10 Å². The number of hydrogen-bond acceptors (Lipinski definition) is 4. The van der Waals surface area contributed by atoms with Gasteiger partial charge in [-0.05, 0) is 62.4 Å². The molecule has 0 spiro atoms. The monoisotopic (exact) mass is 379 g/mol. The minimum absolute atomic E-state index is 0.385. The number of ether oxygens (including phenoxy) is 1.